The Morgan fingerprint density at radius 1 is 0.704 bits per heavy atom. The number of nitrogens with zero attached hydrogens (tertiary/aromatic N) is 6. The number of aromatic nitrogens is 6. The lowest BCUT2D eigenvalue weighted by molar-refractivity contribution is -0.205. The van der Waals surface area contributed by atoms with Crippen LogP contribution in [0.4, 0.5) is 26.3 Å². The van der Waals surface area contributed by atoms with Crippen molar-refractivity contribution in [2.24, 2.45) is 0 Å². The van der Waals surface area contributed by atoms with Crippen molar-refractivity contribution in [2.45, 2.75) is 72.4 Å². The van der Waals surface area contributed by atoms with Crippen molar-refractivity contribution in [3.63, 3.8) is 0 Å². The molecule has 0 fully saturated rings. The molecule has 0 unspecified atom stereocenters. The van der Waals surface area contributed by atoms with Crippen LogP contribution in [0.1, 0.15) is 41.5 Å². The second kappa shape index (κ2) is 12.3. The molecule has 27 heavy (non-hydrogen) atoms. The Labute approximate surface area is 154 Å². The average molecular weight is 404 g/mol. The number of rotatable bonds is 5. The molecule has 12 heteroatoms. The maximum Gasteiger partial charge on any atom is 0.329 e. The second-order valence-electron chi connectivity index (χ2n) is 4.86. The summed E-state index contributed by atoms with van der Waals surface area (Å²) in [6.07, 6.45) is 5.01. The molecule has 0 spiro atoms. The van der Waals surface area contributed by atoms with E-state index in [9.17, 15) is 26.3 Å². The van der Waals surface area contributed by atoms with Crippen molar-refractivity contribution in [1.29, 1.82) is 0 Å². The Morgan fingerprint density at radius 3 is 1.33 bits per heavy atom. The first-order valence-electron chi connectivity index (χ1n) is 8.22. The van der Waals surface area contributed by atoms with Gasteiger partial charge in [0.05, 0.1) is 12.4 Å². The van der Waals surface area contributed by atoms with Crippen LogP contribution in [0.15, 0.2) is 24.8 Å². The topological polar surface area (TPSA) is 61.4 Å². The van der Waals surface area contributed by atoms with Crippen LogP contribution < -0.4 is 0 Å². The summed E-state index contributed by atoms with van der Waals surface area (Å²) in [5.41, 5.74) is 0. The molecule has 2 aromatic heterocycles. The predicted molar refractivity (Wildman–Crippen MR) is 88.9 cm³/mol. The number of hydrogen-bond donors (Lipinski definition) is 0. The van der Waals surface area contributed by atoms with Crippen LogP contribution in [0.3, 0.4) is 0 Å². The van der Waals surface area contributed by atoms with E-state index >= 15 is 0 Å². The van der Waals surface area contributed by atoms with E-state index in [0.29, 0.717) is 4.68 Å². The lowest BCUT2D eigenvalue weighted by Crippen LogP contribution is -2.41. The Kier molecular flexibility index (Phi) is 12.3. The van der Waals surface area contributed by atoms with Gasteiger partial charge in [0.2, 0.25) is 0 Å². The van der Waals surface area contributed by atoms with Crippen molar-refractivity contribution in [2.75, 3.05) is 0 Å². The van der Waals surface area contributed by atoms with Crippen molar-refractivity contribution < 1.29 is 26.3 Å². The molecule has 0 saturated carbocycles. The smallest absolute Gasteiger partial charge is 0.247 e. The molecule has 158 valence electrons. The van der Waals surface area contributed by atoms with Crippen LogP contribution in [-0.4, -0.2) is 47.8 Å². The van der Waals surface area contributed by atoms with Crippen molar-refractivity contribution in [3.05, 3.63) is 24.8 Å². The predicted octanol–water partition coefficient (Wildman–Crippen LogP) is 4.55. The maximum atomic E-state index is 12.7. The molecule has 0 N–H and O–H groups in total. The molecule has 2 rings (SSSR count). The van der Waals surface area contributed by atoms with Crippen molar-refractivity contribution in [3.8, 4) is 0 Å². The van der Waals surface area contributed by atoms with Crippen LogP contribution in [0.5, 0.6) is 0 Å². The first-order valence-corrected chi connectivity index (χ1v) is 8.22. The standard InChI is InChI=1S/C6H7F4N3.C5H7F2N3.2C2H6/c1-5(7,8)6(9,10)4-13-3-2-11-12-13;1-5(6,7)4-10-3-2-8-9-10;2*1-2/h2-3H,4H2,1H3;2-3H,4H2,1H3;2*1-2H3. The van der Waals surface area contributed by atoms with Gasteiger partial charge in [0, 0.05) is 26.2 Å². The molecule has 0 saturated heterocycles. The third-order valence-electron chi connectivity index (χ3n) is 2.39. The molecule has 0 bridgehead atoms. The highest BCUT2D eigenvalue weighted by molar-refractivity contribution is 4.81. The molecule has 0 amide bonds. The van der Waals surface area contributed by atoms with Gasteiger partial charge in [0.25, 0.3) is 5.92 Å². The zero-order valence-corrected chi connectivity index (χ0v) is 16.2. The summed E-state index contributed by atoms with van der Waals surface area (Å²) < 4.78 is 76.0. The fraction of sp³-hybridized carbons (Fsp3) is 0.733. The highest BCUT2D eigenvalue weighted by atomic mass is 19.3. The fourth-order valence-electron chi connectivity index (χ4n) is 1.26. The van der Waals surface area contributed by atoms with Gasteiger partial charge in [0.1, 0.15) is 13.1 Å². The summed E-state index contributed by atoms with van der Waals surface area (Å²) in [6, 6.07) is 0. The monoisotopic (exact) mass is 404 g/mol. The normalized spacial score (nSPS) is 11.3. The Balaban J connectivity index is 0. The summed E-state index contributed by atoms with van der Waals surface area (Å²) >= 11 is 0. The molecular weight excluding hydrogens is 378 g/mol. The fourth-order valence-corrected chi connectivity index (χ4v) is 1.26. The molecule has 0 aliphatic carbocycles. The largest absolute Gasteiger partial charge is 0.329 e. The van der Waals surface area contributed by atoms with Gasteiger partial charge in [-0.25, -0.2) is 26.9 Å². The molecule has 6 nitrogen and oxygen atoms in total. The first-order chi connectivity index (χ1) is 12.4. The molecular formula is C15H26F6N6. The number of hydrogen-bond acceptors (Lipinski definition) is 4. The highest BCUT2D eigenvalue weighted by Gasteiger charge is 2.52. The van der Waals surface area contributed by atoms with E-state index in [1.807, 2.05) is 27.7 Å². The van der Waals surface area contributed by atoms with Crippen molar-refractivity contribution in [1.82, 2.24) is 30.0 Å². The van der Waals surface area contributed by atoms with Crippen molar-refractivity contribution >= 4 is 0 Å². The van der Waals surface area contributed by atoms with Gasteiger partial charge in [-0.05, 0) is 0 Å². The Bertz CT molecular complexity index is 561. The number of alkyl halides is 6. The van der Waals surface area contributed by atoms with E-state index in [0.717, 1.165) is 24.0 Å². The summed E-state index contributed by atoms with van der Waals surface area (Å²) in [5.74, 6) is -10.9. The molecule has 0 aromatic carbocycles. The third kappa shape index (κ3) is 12.0. The quantitative estimate of drug-likeness (QED) is 0.686. The summed E-state index contributed by atoms with van der Waals surface area (Å²) in [7, 11) is 0. The van der Waals surface area contributed by atoms with Crippen LogP contribution in [-0.2, 0) is 13.1 Å². The molecule has 0 aliphatic heterocycles. The Hall–Kier alpha value is -2.14. The minimum atomic E-state index is -4.11. The molecule has 2 aromatic rings. The lowest BCUT2D eigenvalue weighted by Gasteiger charge is -2.22. The van der Waals surface area contributed by atoms with E-state index in [1.54, 1.807) is 0 Å². The first kappa shape index (κ1) is 27.1. The van der Waals surface area contributed by atoms with E-state index in [1.165, 1.54) is 12.4 Å². The minimum absolute atomic E-state index is 0.171. The summed E-state index contributed by atoms with van der Waals surface area (Å²) in [4.78, 5) is 0. The maximum absolute atomic E-state index is 12.7. The number of halogens is 6. The molecule has 0 radical (unpaired) electrons. The van der Waals surface area contributed by atoms with Crippen LogP contribution in [0.25, 0.3) is 0 Å². The SMILES string of the molecule is CC.CC.CC(F)(F)C(F)(F)Cn1ccnn1.CC(F)(F)Cn1ccnn1. The van der Waals surface area contributed by atoms with Gasteiger partial charge in [0.15, 0.2) is 0 Å². The molecule has 2 heterocycles. The van der Waals surface area contributed by atoms with Gasteiger partial charge >= 0.3 is 11.8 Å². The van der Waals surface area contributed by atoms with E-state index in [-0.39, 0.29) is 6.92 Å². The van der Waals surface area contributed by atoms with Crippen LogP contribution in [0.2, 0.25) is 0 Å². The zero-order valence-electron chi connectivity index (χ0n) is 16.2. The van der Waals surface area contributed by atoms with Gasteiger partial charge in [-0.3, -0.25) is 0 Å². The lowest BCUT2D eigenvalue weighted by atomic mass is 10.2. The molecule has 0 atom stereocenters. The van der Waals surface area contributed by atoms with Crippen LogP contribution in [0, 0.1) is 0 Å². The summed E-state index contributed by atoms with van der Waals surface area (Å²) in [6.45, 7) is 7.43. The van der Waals surface area contributed by atoms with Gasteiger partial charge in [-0.2, -0.15) is 8.78 Å². The Morgan fingerprint density at radius 2 is 1.07 bits per heavy atom. The van der Waals surface area contributed by atoms with Crippen LogP contribution >= 0.6 is 0 Å². The highest BCUT2D eigenvalue weighted by Crippen LogP contribution is 2.34. The van der Waals surface area contributed by atoms with E-state index in [2.05, 4.69) is 20.6 Å². The third-order valence-corrected chi connectivity index (χ3v) is 2.39. The average Bonchev–Trinajstić information content (AvgIpc) is 3.23. The molecule has 0 aliphatic rings. The van der Waals surface area contributed by atoms with Gasteiger partial charge in [-0.15, -0.1) is 10.2 Å². The summed E-state index contributed by atoms with van der Waals surface area (Å²) in [5, 5.41) is 13.2. The second-order valence-corrected chi connectivity index (χ2v) is 4.86. The van der Waals surface area contributed by atoms with Gasteiger partial charge < -0.3 is 0 Å². The minimum Gasteiger partial charge on any atom is -0.247 e. The van der Waals surface area contributed by atoms with Gasteiger partial charge in [-0.1, -0.05) is 38.1 Å². The van der Waals surface area contributed by atoms with E-state index < -0.39 is 30.9 Å². The van der Waals surface area contributed by atoms with E-state index in [4.69, 9.17) is 0 Å². The zero-order chi connectivity index (χ0) is 21.7.